The first-order valence-corrected chi connectivity index (χ1v) is 7.03. The Balaban J connectivity index is 2.16. The second kappa shape index (κ2) is 6.08. The van der Waals surface area contributed by atoms with Crippen molar-refractivity contribution < 1.29 is 4.39 Å². The van der Waals surface area contributed by atoms with Crippen LogP contribution in [-0.4, -0.2) is 0 Å². The third-order valence-corrected chi connectivity index (χ3v) is 3.93. The van der Waals surface area contributed by atoms with Crippen molar-refractivity contribution in [3.63, 3.8) is 0 Å². The number of benzene rings is 2. The lowest BCUT2D eigenvalue weighted by atomic mass is 10.2. The number of hydrogen-bond donors (Lipinski definition) is 1. The van der Waals surface area contributed by atoms with E-state index >= 15 is 0 Å². The molecule has 0 bridgehead atoms. The van der Waals surface area contributed by atoms with Crippen molar-refractivity contribution in [1.82, 2.24) is 0 Å². The van der Waals surface area contributed by atoms with Crippen LogP contribution in [0.3, 0.4) is 0 Å². The van der Waals surface area contributed by atoms with E-state index in [1.165, 1.54) is 6.07 Å². The maximum absolute atomic E-state index is 13.6. The van der Waals surface area contributed by atoms with Crippen LogP contribution in [0.1, 0.15) is 5.56 Å². The number of anilines is 1. The van der Waals surface area contributed by atoms with E-state index in [9.17, 15) is 4.39 Å². The molecule has 94 valence electrons. The molecule has 0 heterocycles. The van der Waals surface area contributed by atoms with Gasteiger partial charge in [0.25, 0.3) is 0 Å². The minimum atomic E-state index is -0.307. The molecule has 2 aromatic rings. The van der Waals surface area contributed by atoms with Crippen LogP contribution in [0.4, 0.5) is 10.1 Å². The lowest BCUT2D eigenvalue weighted by Gasteiger charge is -2.10. The smallest absolute Gasteiger partial charge is 0.129 e. The van der Waals surface area contributed by atoms with Gasteiger partial charge in [-0.3, -0.25) is 0 Å². The van der Waals surface area contributed by atoms with E-state index in [1.54, 1.807) is 18.2 Å². The number of rotatable bonds is 3. The van der Waals surface area contributed by atoms with Gasteiger partial charge in [-0.25, -0.2) is 4.39 Å². The molecule has 18 heavy (non-hydrogen) atoms. The van der Waals surface area contributed by atoms with Gasteiger partial charge in [0, 0.05) is 31.4 Å². The lowest BCUT2D eigenvalue weighted by Crippen LogP contribution is -2.03. The van der Waals surface area contributed by atoms with Crippen LogP contribution in [0.15, 0.2) is 36.4 Å². The predicted molar refractivity (Wildman–Crippen MR) is 82.9 cm³/mol. The highest BCUT2D eigenvalue weighted by molar-refractivity contribution is 14.1. The van der Waals surface area contributed by atoms with E-state index < -0.39 is 0 Å². The van der Waals surface area contributed by atoms with Crippen molar-refractivity contribution >= 4 is 51.5 Å². The monoisotopic (exact) mass is 395 g/mol. The Morgan fingerprint density at radius 1 is 1.17 bits per heavy atom. The lowest BCUT2D eigenvalue weighted by molar-refractivity contribution is 0.613. The molecule has 0 unspecified atom stereocenters. The molecular formula is C13H9Cl2FIN. The first kappa shape index (κ1) is 13.9. The summed E-state index contributed by atoms with van der Waals surface area (Å²) in [6, 6.07) is 10.2. The minimum absolute atomic E-state index is 0.307. The first-order valence-electron chi connectivity index (χ1n) is 5.20. The molecular weight excluding hydrogens is 387 g/mol. The average Bonchev–Trinajstić information content (AvgIpc) is 2.31. The predicted octanol–water partition coefficient (Wildman–Crippen LogP) is 5.35. The molecule has 5 heteroatoms. The fraction of sp³-hybridized carbons (Fsp3) is 0.0769. The van der Waals surface area contributed by atoms with Crippen molar-refractivity contribution in [2.24, 2.45) is 0 Å². The Kier molecular flexibility index (Phi) is 4.70. The summed E-state index contributed by atoms with van der Waals surface area (Å²) in [6.45, 7) is 0.336. The van der Waals surface area contributed by atoms with Crippen molar-refractivity contribution in [2.75, 3.05) is 5.32 Å². The SMILES string of the molecule is Fc1cccc(Cl)c1CNc1ccc(Cl)cc1I. The highest BCUT2D eigenvalue weighted by Crippen LogP contribution is 2.25. The Bertz CT molecular complexity index is 555. The van der Waals surface area contributed by atoms with Crippen molar-refractivity contribution in [2.45, 2.75) is 6.54 Å². The van der Waals surface area contributed by atoms with Gasteiger partial charge in [-0.05, 0) is 52.9 Å². The second-order valence-corrected chi connectivity index (χ2v) is 5.68. The van der Waals surface area contributed by atoms with Crippen LogP contribution >= 0.6 is 45.8 Å². The highest BCUT2D eigenvalue weighted by atomic mass is 127. The zero-order valence-electron chi connectivity index (χ0n) is 9.18. The Hall–Kier alpha value is -0.520. The second-order valence-electron chi connectivity index (χ2n) is 3.68. The maximum atomic E-state index is 13.6. The molecule has 0 aromatic heterocycles. The molecule has 0 aliphatic rings. The molecule has 2 rings (SSSR count). The summed E-state index contributed by atoms with van der Waals surface area (Å²) < 4.78 is 14.5. The minimum Gasteiger partial charge on any atom is -0.380 e. The van der Waals surface area contributed by atoms with Gasteiger partial charge in [-0.15, -0.1) is 0 Å². The van der Waals surface area contributed by atoms with E-state index in [4.69, 9.17) is 23.2 Å². The quantitative estimate of drug-likeness (QED) is 0.690. The van der Waals surface area contributed by atoms with E-state index in [2.05, 4.69) is 27.9 Å². The molecule has 0 fully saturated rings. The summed E-state index contributed by atoms with van der Waals surface area (Å²) in [4.78, 5) is 0. The van der Waals surface area contributed by atoms with Crippen molar-refractivity contribution in [3.8, 4) is 0 Å². The molecule has 1 nitrogen and oxygen atoms in total. The molecule has 0 aliphatic carbocycles. The average molecular weight is 396 g/mol. The van der Waals surface area contributed by atoms with Crippen LogP contribution in [0.2, 0.25) is 10.0 Å². The summed E-state index contributed by atoms with van der Waals surface area (Å²) in [5, 5.41) is 4.25. The van der Waals surface area contributed by atoms with E-state index in [0.717, 1.165) is 9.26 Å². The van der Waals surface area contributed by atoms with Crippen LogP contribution in [0, 0.1) is 9.39 Å². The topological polar surface area (TPSA) is 12.0 Å². The molecule has 0 radical (unpaired) electrons. The summed E-state index contributed by atoms with van der Waals surface area (Å²) >= 11 is 14.0. The van der Waals surface area contributed by atoms with Gasteiger partial charge in [0.15, 0.2) is 0 Å². The van der Waals surface area contributed by atoms with E-state index in [0.29, 0.717) is 22.2 Å². The Morgan fingerprint density at radius 3 is 2.61 bits per heavy atom. The number of halogens is 4. The molecule has 0 spiro atoms. The van der Waals surface area contributed by atoms with Gasteiger partial charge in [-0.1, -0.05) is 29.3 Å². The van der Waals surface area contributed by atoms with Crippen LogP contribution in [0.5, 0.6) is 0 Å². The Morgan fingerprint density at radius 2 is 1.94 bits per heavy atom. The maximum Gasteiger partial charge on any atom is 0.129 e. The fourth-order valence-corrected chi connectivity index (χ4v) is 2.81. The van der Waals surface area contributed by atoms with Gasteiger partial charge in [0.2, 0.25) is 0 Å². The van der Waals surface area contributed by atoms with E-state index in [1.807, 2.05) is 12.1 Å². The number of hydrogen-bond acceptors (Lipinski definition) is 1. The van der Waals surface area contributed by atoms with Crippen LogP contribution in [0.25, 0.3) is 0 Å². The summed E-state index contributed by atoms with van der Waals surface area (Å²) in [5.74, 6) is -0.307. The molecule has 0 aliphatic heterocycles. The van der Waals surface area contributed by atoms with Gasteiger partial charge < -0.3 is 5.32 Å². The third-order valence-electron chi connectivity index (χ3n) is 2.45. The fourth-order valence-electron chi connectivity index (χ4n) is 1.52. The van der Waals surface area contributed by atoms with Crippen LogP contribution in [-0.2, 0) is 6.54 Å². The molecule has 0 saturated heterocycles. The molecule has 0 saturated carbocycles. The normalized spacial score (nSPS) is 10.4. The van der Waals surface area contributed by atoms with Crippen molar-refractivity contribution in [1.29, 1.82) is 0 Å². The van der Waals surface area contributed by atoms with Crippen LogP contribution < -0.4 is 5.32 Å². The van der Waals surface area contributed by atoms with E-state index in [-0.39, 0.29) is 5.82 Å². The molecule has 0 atom stereocenters. The Labute approximate surface area is 128 Å². The van der Waals surface area contributed by atoms with Gasteiger partial charge >= 0.3 is 0 Å². The summed E-state index contributed by atoms with van der Waals surface area (Å²) in [6.07, 6.45) is 0. The molecule has 2 aromatic carbocycles. The van der Waals surface area contributed by atoms with Crippen molar-refractivity contribution in [3.05, 3.63) is 61.4 Å². The molecule has 1 N–H and O–H groups in total. The standard InChI is InChI=1S/C13H9Cl2FIN/c14-8-4-5-13(12(17)6-8)18-7-9-10(15)2-1-3-11(9)16/h1-6,18H,7H2. The zero-order chi connectivity index (χ0) is 13.1. The molecule has 0 amide bonds. The van der Waals surface area contributed by atoms with Gasteiger partial charge in [-0.2, -0.15) is 0 Å². The first-order chi connectivity index (χ1) is 8.58. The third kappa shape index (κ3) is 3.28. The largest absolute Gasteiger partial charge is 0.380 e. The highest BCUT2D eigenvalue weighted by Gasteiger charge is 2.07. The number of nitrogens with one attached hydrogen (secondary N) is 1. The summed E-state index contributed by atoms with van der Waals surface area (Å²) in [7, 11) is 0. The summed E-state index contributed by atoms with van der Waals surface area (Å²) in [5.41, 5.74) is 1.37. The zero-order valence-corrected chi connectivity index (χ0v) is 12.9. The van der Waals surface area contributed by atoms with Gasteiger partial charge in [0.1, 0.15) is 5.82 Å². The van der Waals surface area contributed by atoms with Gasteiger partial charge in [0.05, 0.1) is 0 Å².